The number of rotatable bonds is 14. The second kappa shape index (κ2) is 17.7. The first kappa shape index (κ1) is 30.4. The van der Waals surface area contributed by atoms with Crippen LogP contribution in [0.25, 0.3) is 0 Å². The number of carbonyl (C=O) groups is 4. The summed E-state index contributed by atoms with van der Waals surface area (Å²) in [6.07, 6.45) is 8.47. The van der Waals surface area contributed by atoms with Gasteiger partial charge in [0.15, 0.2) is 0 Å². The molecule has 0 radical (unpaired) electrons. The quantitative estimate of drug-likeness (QED) is 0.230. The zero-order valence-electron chi connectivity index (χ0n) is 21.0. The number of aromatic carboxylic acids is 2. The Bertz CT molecular complexity index is 892. The Labute approximate surface area is 212 Å². The molecular formula is C28H36O8. The van der Waals surface area contributed by atoms with Crippen molar-refractivity contribution in [3.05, 3.63) is 70.8 Å². The highest BCUT2D eigenvalue weighted by atomic mass is 16.5. The number of ether oxygens (including phenoxy) is 2. The molecule has 8 nitrogen and oxygen atoms in total. The molecule has 0 unspecified atom stereocenters. The second-order valence-corrected chi connectivity index (χ2v) is 8.16. The lowest BCUT2D eigenvalue weighted by molar-refractivity contribution is 0.0494. The summed E-state index contributed by atoms with van der Waals surface area (Å²) in [4.78, 5) is 44.7. The minimum atomic E-state index is -1.06. The molecule has 0 fully saturated rings. The van der Waals surface area contributed by atoms with Gasteiger partial charge in [0.05, 0.1) is 35.5 Å². The number of carbonyl (C=O) groups excluding carboxylic acids is 2. The third-order valence-electron chi connectivity index (χ3n) is 5.17. The number of esters is 2. The summed E-state index contributed by atoms with van der Waals surface area (Å²) < 4.78 is 10.5. The average molecular weight is 501 g/mol. The van der Waals surface area contributed by atoms with Crippen LogP contribution in [-0.2, 0) is 9.47 Å². The highest BCUT2D eigenvalue weighted by Crippen LogP contribution is 2.10. The molecule has 8 heteroatoms. The Morgan fingerprint density at radius 2 is 0.972 bits per heavy atom. The molecule has 0 bridgehead atoms. The van der Waals surface area contributed by atoms with Crippen LogP contribution in [0.4, 0.5) is 0 Å². The van der Waals surface area contributed by atoms with Crippen LogP contribution in [0.15, 0.2) is 48.5 Å². The fraction of sp³-hybridized carbons (Fsp3) is 0.429. The molecule has 196 valence electrons. The molecule has 0 heterocycles. The number of carboxylic acid groups (broad SMARTS) is 2. The highest BCUT2D eigenvalue weighted by Gasteiger charge is 2.12. The lowest BCUT2D eigenvalue weighted by Gasteiger charge is -2.07. The third-order valence-corrected chi connectivity index (χ3v) is 5.17. The first-order chi connectivity index (χ1) is 17.3. The van der Waals surface area contributed by atoms with E-state index in [4.69, 9.17) is 19.7 Å². The predicted octanol–water partition coefficient (Wildman–Crippen LogP) is 6.24. The van der Waals surface area contributed by atoms with Crippen molar-refractivity contribution in [2.75, 3.05) is 13.2 Å². The topological polar surface area (TPSA) is 127 Å². The van der Waals surface area contributed by atoms with Crippen LogP contribution < -0.4 is 0 Å². The summed E-state index contributed by atoms with van der Waals surface area (Å²) in [6, 6.07) is 11.6. The van der Waals surface area contributed by atoms with Gasteiger partial charge >= 0.3 is 23.9 Å². The van der Waals surface area contributed by atoms with Gasteiger partial charge in [-0.2, -0.15) is 0 Å². The lowest BCUT2D eigenvalue weighted by atomic mass is 10.1. The van der Waals surface area contributed by atoms with Gasteiger partial charge in [-0.1, -0.05) is 58.4 Å². The van der Waals surface area contributed by atoms with E-state index in [2.05, 4.69) is 13.8 Å². The average Bonchev–Trinajstić information content (AvgIpc) is 2.88. The number of unbranched alkanes of at least 4 members (excludes halogenated alkanes) is 6. The van der Waals surface area contributed by atoms with Gasteiger partial charge in [-0.05, 0) is 55.3 Å². The molecule has 0 amide bonds. The van der Waals surface area contributed by atoms with E-state index in [1.807, 2.05) is 0 Å². The molecule has 0 spiro atoms. The Balaban J connectivity index is 0.000000450. The zero-order valence-corrected chi connectivity index (χ0v) is 21.0. The Hall–Kier alpha value is -3.68. The zero-order chi connectivity index (χ0) is 26.8. The summed E-state index contributed by atoms with van der Waals surface area (Å²) in [5.74, 6) is -2.90. The molecule has 2 N–H and O–H groups in total. The van der Waals surface area contributed by atoms with Gasteiger partial charge < -0.3 is 19.7 Å². The maximum absolute atomic E-state index is 12.0. The van der Waals surface area contributed by atoms with Crippen molar-refractivity contribution in [3.63, 3.8) is 0 Å². The van der Waals surface area contributed by atoms with Crippen LogP contribution >= 0.6 is 0 Å². The molecule has 2 rings (SSSR count). The van der Waals surface area contributed by atoms with Crippen LogP contribution in [0.2, 0.25) is 0 Å². The summed E-state index contributed by atoms with van der Waals surface area (Å²) in [7, 11) is 0. The largest absolute Gasteiger partial charge is 0.478 e. The first-order valence-electron chi connectivity index (χ1n) is 12.3. The highest BCUT2D eigenvalue weighted by molar-refractivity contribution is 5.95. The van der Waals surface area contributed by atoms with Crippen molar-refractivity contribution in [1.29, 1.82) is 0 Å². The normalized spacial score (nSPS) is 10.1. The second-order valence-electron chi connectivity index (χ2n) is 8.16. The van der Waals surface area contributed by atoms with Crippen molar-refractivity contribution in [3.8, 4) is 0 Å². The molecule has 0 aromatic heterocycles. The number of hydrogen-bond donors (Lipinski definition) is 2. The van der Waals surface area contributed by atoms with E-state index in [1.54, 1.807) is 24.3 Å². The number of carboxylic acids is 2. The maximum atomic E-state index is 12.0. The third kappa shape index (κ3) is 12.1. The molecule has 2 aromatic carbocycles. The summed E-state index contributed by atoms with van der Waals surface area (Å²) in [5.41, 5.74) is 0.955. The maximum Gasteiger partial charge on any atom is 0.338 e. The minimum absolute atomic E-state index is 0.0833. The minimum Gasteiger partial charge on any atom is -0.478 e. The van der Waals surface area contributed by atoms with Crippen molar-refractivity contribution in [1.82, 2.24) is 0 Å². The lowest BCUT2D eigenvalue weighted by Crippen LogP contribution is -2.10. The monoisotopic (exact) mass is 500 g/mol. The van der Waals surface area contributed by atoms with Crippen molar-refractivity contribution in [2.24, 2.45) is 0 Å². The van der Waals surface area contributed by atoms with Crippen LogP contribution in [0.5, 0.6) is 0 Å². The molecule has 2 aromatic rings. The standard InChI is InChI=1S/C20H30O4.C8H6O4/c1-3-5-7-9-14-23-19(21)17-12-11-13-18(16-17)20(22)24-15-10-8-6-4-2;9-7(10)5-1-2-6(4-3-5)8(11)12/h11-13,16H,3-10,14-15H2,1-2H3;1-4H,(H,9,10)(H,11,12). The molecule has 0 aliphatic heterocycles. The van der Waals surface area contributed by atoms with Gasteiger partial charge in [0, 0.05) is 0 Å². The van der Waals surface area contributed by atoms with Crippen LogP contribution in [0.1, 0.15) is 107 Å². The Morgan fingerprint density at radius 3 is 1.31 bits per heavy atom. The van der Waals surface area contributed by atoms with E-state index in [9.17, 15) is 19.2 Å². The Morgan fingerprint density at radius 1 is 0.583 bits per heavy atom. The van der Waals surface area contributed by atoms with Gasteiger partial charge in [-0.15, -0.1) is 0 Å². The van der Waals surface area contributed by atoms with Crippen LogP contribution in [0, 0.1) is 0 Å². The molecule has 0 aliphatic carbocycles. The molecule has 0 aliphatic rings. The first-order valence-corrected chi connectivity index (χ1v) is 12.3. The van der Waals surface area contributed by atoms with E-state index >= 15 is 0 Å². The van der Waals surface area contributed by atoms with Crippen molar-refractivity contribution >= 4 is 23.9 Å². The smallest absolute Gasteiger partial charge is 0.338 e. The molecule has 0 atom stereocenters. The molecular weight excluding hydrogens is 464 g/mol. The molecule has 0 saturated heterocycles. The van der Waals surface area contributed by atoms with E-state index in [0.29, 0.717) is 24.3 Å². The van der Waals surface area contributed by atoms with Gasteiger partial charge in [-0.25, -0.2) is 19.2 Å². The van der Waals surface area contributed by atoms with Gasteiger partial charge in [0.1, 0.15) is 0 Å². The van der Waals surface area contributed by atoms with Crippen LogP contribution in [0.3, 0.4) is 0 Å². The van der Waals surface area contributed by atoms with Gasteiger partial charge in [0.2, 0.25) is 0 Å². The van der Waals surface area contributed by atoms with Gasteiger partial charge in [-0.3, -0.25) is 0 Å². The van der Waals surface area contributed by atoms with Crippen LogP contribution in [-0.4, -0.2) is 47.3 Å². The fourth-order valence-electron chi connectivity index (χ4n) is 3.08. The van der Waals surface area contributed by atoms with Crippen molar-refractivity contribution in [2.45, 2.75) is 65.2 Å². The van der Waals surface area contributed by atoms with E-state index in [1.165, 1.54) is 24.3 Å². The summed E-state index contributed by atoms with van der Waals surface area (Å²) in [5, 5.41) is 16.9. The van der Waals surface area contributed by atoms with Gasteiger partial charge in [0.25, 0.3) is 0 Å². The molecule has 0 saturated carbocycles. The van der Waals surface area contributed by atoms with Crippen molar-refractivity contribution < 1.29 is 38.9 Å². The summed E-state index contributed by atoms with van der Waals surface area (Å²) in [6.45, 7) is 5.12. The summed E-state index contributed by atoms with van der Waals surface area (Å²) >= 11 is 0. The number of hydrogen-bond acceptors (Lipinski definition) is 6. The van der Waals surface area contributed by atoms with E-state index < -0.39 is 11.9 Å². The fourth-order valence-corrected chi connectivity index (χ4v) is 3.08. The van der Waals surface area contributed by atoms with E-state index in [0.717, 1.165) is 51.4 Å². The number of benzene rings is 2. The predicted molar refractivity (Wildman–Crippen MR) is 136 cm³/mol. The SMILES string of the molecule is CCCCCCOC(=O)c1cccc(C(=O)OCCCCCC)c1.O=C(O)c1ccc(C(=O)O)cc1. The van der Waals surface area contributed by atoms with E-state index in [-0.39, 0.29) is 23.1 Å². The Kier molecular flexibility index (Phi) is 14.9. The molecule has 36 heavy (non-hydrogen) atoms.